The molecule has 1 spiro atoms. The van der Waals surface area contributed by atoms with Gasteiger partial charge in [-0.25, -0.2) is 0 Å². The van der Waals surface area contributed by atoms with Gasteiger partial charge in [-0.3, -0.25) is 9.38 Å². The van der Waals surface area contributed by atoms with Gasteiger partial charge in [-0.05, 0) is 49.9 Å². The molecule has 5 nitrogen and oxygen atoms in total. The van der Waals surface area contributed by atoms with Crippen LogP contribution in [-0.2, 0) is 5.41 Å². The molecule has 8 rings (SSSR count). The van der Waals surface area contributed by atoms with E-state index >= 15 is 0 Å². The maximum absolute atomic E-state index is 12.1. The minimum atomic E-state index is -0.282. The molecule has 5 bridgehead atoms. The minimum absolute atomic E-state index is 0.144. The van der Waals surface area contributed by atoms with Crippen molar-refractivity contribution in [3.8, 4) is 0 Å². The lowest BCUT2D eigenvalue weighted by Gasteiger charge is -2.68. The lowest BCUT2D eigenvalue weighted by atomic mass is 9.60. The van der Waals surface area contributed by atoms with E-state index in [1.807, 2.05) is 0 Å². The second-order valence-corrected chi connectivity index (χ2v) is 12.0. The van der Waals surface area contributed by atoms with Crippen molar-refractivity contribution in [2.75, 3.05) is 38.1 Å². The Morgan fingerprint density at radius 3 is 2.66 bits per heavy atom. The number of benzene rings is 1. The van der Waals surface area contributed by atoms with Gasteiger partial charge in [0.25, 0.3) is 0 Å². The summed E-state index contributed by atoms with van der Waals surface area (Å²) in [4.78, 5) is 5.17. The highest BCUT2D eigenvalue weighted by atomic mass is 16.3. The van der Waals surface area contributed by atoms with Crippen molar-refractivity contribution in [3.63, 3.8) is 0 Å². The third kappa shape index (κ3) is 2.12. The number of aliphatic hydroxyl groups excluding tert-OH is 2. The van der Waals surface area contributed by atoms with Gasteiger partial charge in [0, 0.05) is 44.0 Å². The van der Waals surface area contributed by atoms with Crippen LogP contribution in [-0.4, -0.2) is 83.3 Å². The maximum Gasteiger partial charge on any atom is 0.194 e. The van der Waals surface area contributed by atoms with E-state index in [0.29, 0.717) is 35.9 Å². The molecule has 32 heavy (non-hydrogen) atoms. The summed E-state index contributed by atoms with van der Waals surface area (Å²) in [6.07, 6.45) is 6.71. The number of piperidine rings is 5. The predicted octanol–water partition coefficient (Wildman–Crippen LogP) is 2.56. The first-order chi connectivity index (χ1) is 15.6. The van der Waals surface area contributed by atoms with Crippen LogP contribution < -0.4 is 4.90 Å². The first-order valence-corrected chi connectivity index (χ1v) is 13.3. The van der Waals surface area contributed by atoms with Gasteiger partial charge in [-0.1, -0.05) is 31.5 Å². The van der Waals surface area contributed by atoms with E-state index in [1.54, 1.807) is 0 Å². The van der Waals surface area contributed by atoms with E-state index in [0.717, 1.165) is 30.4 Å². The van der Waals surface area contributed by atoms with Gasteiger partial charge in [-0.2, -0.15) is 0 Å². The molecule has 6 fully saturated rings. The molecule has 3 unspecified atom stereocenters. The fourth-order valence-electron chi connectivity index (χ4n) is 10.3. The van der Waals surface area contributed by atoms with Crippen LogP contribution in [0.15, 0.2) is 24.3 Å². The highest BCUT2D eigenvalue weighted by Crippen LogP contribution is 2.71. The van der Waals surface area contributed by atoms with Crippen LogP contribution in [0.4, 0.5) is 5.69 Å². The molecular weight excluding hydrogens is 398 g/mol. The van der Waals surface area contributed by atoms with Gasteiger partial charge < -0.3 is 15.1 Å². The molecular formula is C27H40N3O2+. The SMILES string of the molecule is CC[C@H]1C2C[C@H]3[C@@H]4N(C)c5ccccc5[C@]45C[C@@H](C2[C@H]5O)[N+]3(CCN2CCCCC2)[C@@H]1O. The predicted molar refractivity (Wildman–Crippen MR) is 125 cm³/mol. The molecule has 2 N–H and O–H groups in total. The number of aliphatic hydroxyl groups is 2. The summed E-state index contributed by atoms with van der Waals surface area (Å²) in [7, 11) is 2.26. The second-order valence-electron chi connectivity index (χ2n) is 12.0. The van der Waals surface area contributed by atoms with E-state index in [1.165, 1.54) is 50.0 Å². The number of likely N-dealkylation sites (tertiary alicyclic amines) is 1. The van der Waals surface area contributed by atoms with Gasteiger partial charge in [0.15, 0.2) is 6.23 Å². The fraction of sp³-hybridized carbons (Fsp3) is 0.778. The van der Waals surface area contributed by atoms with Crippen LogP contribution in [0.1, 0.15) is 51.0 Å². The highest BCUT2D eigenvalue weighted by Gasteiger charge is 2.82. The Bertz CT molecular complexity index is 918. The third-order valence-electron chi connectivity index (χ3n) is 11.4. The normalized spacial score (nSPS) is 50.7. The summed E-state index contributed by atoms with van der Waals surface area (Å²) >= 11 is 0. The standard InChI is InChI=1S/C27H40N3O2/c1-3-17-18-15-21-24-27(19-9-5-6-10-20(19)28(24)2)16-22(23(18)25(27)31)30(21,26(17)32)14-13-29-11-7-4-8-12-29/h5-6,9-10,17-18,21-26,31-32H,3-4,7-8,11-16H2,1-2H3/q+1/t17-,18?,21-,22-,23?,24-,25+,26+,27+,30?/m0/s1. The molecule has 6 heterocycles. The Labute approximate surface area is 192 Å². The summed E-state index contributed by atoms with van der Waals surface area (Å²) in [5, 5.41) is 24.2. The van der Waals surface area contributed by atoms with Crippen LogP contribution in [0, 0.1) is 17.8 Å². The van der Waals surface area contributed by atoms with Crippen molar-refractivity contribution >= 4 is 5.69 Å². The van der Waals surface area contributed by atoms with Crippen LogP contribution in [0.2, 0.25) is 0 Å². The Hall–Kier alpha value is -1.14. The maximum atomic E-state index is 12.1. The summed E-state index contributed by atoms with van der Waals surface area (Å²) < 4.78 is 0.873. The van der Waals surface area contributed by atoms with Gasteiger partial charge in [-0.15, -0.1) is 0 Å². The number of nitrogens with zero attached hydrogens (tertiary/aromatic N) is 3. The zero-order valence-electron chi connectivity index (χ0n) is 19.7. The Balaban J connectivity index is 1.36. The second kappa shape index (κ2) is 6.71. The average Bonchev–Trinajstić information content (AvgIpc) is 3.21. The van der Waals surface area contributed by atoms with Crippen molar-refractivity contribution in [1.82, 2.24) is 4.90 Å². The van der Waals surface area contributed by atoms with E-state index in [9.17, 15) is 10.2 Å². The largest absolute Gasteiger partial charge is 0.392 e. The zero-order valence-corrected chi connectivity index (χ0v) is 19.7. The highest BCUT2D eigenvalue weighted by molar-refractivity contribution is 5.66. The van der Waals surface area contributed by atoms with Crippen LogP contribution in [0.3, 0.4) is 0 Å². The lowest BCUT2D eigenvalue weighted by Crippen LogP contribution is -2.83. The number of hydrogen-bond acceptors (Lipinski definition) is 4. The quantitative estimate of drug-likeness (QED) is 0.710. The van der Waals surface area contributed by atoms with Crippen molar-refractivity contribution in [2.24, 2.45) is 17.8 Å². The monoisotopic (exact) mass is 438 g/mol. The Kier molecular flexibility index (Phi) is 4.25. The number of anilines is 1. The van der Waals surface area contributed by atoms with Crippen molar-refractivity contribution in [3.05, 3.63) is 29.8 Å². The number of fused-ring (bicyclic) bond motifs is 2. The van der Waals surface area contributed by atoms with E-state index in [2.05, 4.69) is 48.0 Å². The van der Waals surface area contributed by atoms with Crippen molar-refractivity contribution < 1.29 is 14.7 Å². The fourth-order valence-corrected chi connectivity index (χ4v) is 10.3. The number of rotatable bonds is 4. The molecule has 6 aliphatic heterocycles. The van der Waals surface area contributed by atoms with Crippen molar-refractivity contribution in [2.45, 2.75) is 81.3 Å². The summed E-state index contributed by atoms with van der Waals surface area (Å²) in [5.74, 6) is 1.14. The van der Waals surface area contributed by atoms with E-state index < -0.39 is 0 Å². The Morgan fingerprint density at radius 2 is 1.88 bits per heavy atom. The molecule has 5 heteroatoms. The molecule has 174 valence electrons. The van der Waals surface area contributed by atoms with Gasteiger partial charge in [0.05, 0.1) is 30.1 Å². The van der Waals surface area contributed by atoms with E-state index in [-0.39, 0.29) is 17.7 Å². The average molecular weight is 439 g/mol. The van der Waals surface area contributed by atoms with E-state index in [4.69, 9.17) is 0 Å². The molecule has 0 radical (unpaired) electrons. The van der Waals surface area contributed by atoms with Crippen molar-refractivity contribution in [1.29, 1.82) is 0 Å². The third-order valence-corrected chi connectivity index (χ3v) is 11.4. The first kappa shape index (κ1) is 20.3. The van der Waals surface area contributed by atoms with Crippen LogP contribution >= 0.6 is 0 Å². The van der Waals surface area contributed by atoms with Crippen LogP contribution in [0.25, 0.3) is 0 Å². The number of quaternary nitrogens is 1. The number of hydrogen-bond donors (Lipinski definition) is 2. The molecule has 1 aromatic carbocycles. The molecule has 1 aromatic rings. The lowest BCUT2D eigenvalue weighted by molar-refractivity contribution is -1.04. The molecule has 1 aliphatic carbocycles. The zero-order chi connectivity index (χ0) is 21.8. The van der Waals surface area contributed by atoms with Gasteiger partial charge in [0.2, 0.25) is 0 Å². The topological polar surface area (TPSA) is 46.9 Å². The summed E-state index contributed by atoms with van der Waals surface area (Å²) in [6.45, 7) is 6.86. The molecule has 10 atom stereocenters. The van der Waals surface area contributed by atoms with Crippen LogP contribution in [0.5, 0.6) is 0 Å². The molecule has 0 amide bonds. The number of para-hydroxylation sites is 1. The summed E-state index contributed by atoms with van der Waals surface area (Å²) in [5.41, 5.74) is 2.56. The smallest absolute Gasteiger partial charge is 0.194 e. The van der Waals surface area contributed by atoms with Gasteiger partial charge in [0.1, 0.15) is 6.04 Å². The molecule has 1 saturated carbocycles. The molecule has 0 aromatic heterocycles. The minimum Gasteiger partial charge on any atom is -0.392 e. The summed E-state index contributed by atoms with van der Waals surface area (Å²) in [6, 6.07) is 10.0. The van der Waals surface area contributed by atoms with Gasteiger partial charge >= 0.3 is 0 Å². The first-order valence-electron chi connectivity index (χ1n) is 13.3. The number of likely N-dealkylation sites (N-methyl/N-ethyl adjacent to an activating group) is 1. The Morgan fingerprint density at radius 1 is 1.09 bits per heavy atom. The molecule has 5 saturated heterocycles. The molecule has 7 aliphatic rings.